The summed E-state index contributed by atoms with van der Waals surface area (Å²) >= 11 is 0. The van der Waals surface area contributed by atoms with Gasteiger partial charge in [0.05, 0.1) is 31.9 Å². The molecule has 40 heavy (non-hydrogen) atoms. The van der Waals surface area contributed by atoms with Crippen molar-refractivity contribution in [2.45, 2.75) is 106 Å². The zero-order valence-electron chi connectivity index (χ0n) is 27.8. The first-order valence-electron chi connectivity index (χ1n) is 14.3. The van der Waals surface area contributed by atoms with E-state index in [1.807, 2.05) is 46.6 Å². The van der Waals surface area contributed by atoms with Gasteiger partial charge in [-0.15, -0.1) is 0 Å². The molecule has 0 spiro atoms. The molecule has 1 saturated heterocycles. The SMILES string of the molecule is CC.CCC.CCCC/C=C\COC.COC(=O)CNC(=O)C1CCCN1C.COC(C)(C)C.O=CCNC=O. The van der Waals surface area contributed by atoms with Gasteiger partial charge in [-0.05, 0) is 53.6 Å². The molecule has 1 aliphatic rings. The number of allylic oxidation sites excluding steroid dienone is 1. The van der Waals surface area contributed by atoms with E-state index < -0.39 is 5.97 Å². The van der Waals surface area contributed by atoms with Crippen molar-refractivity contribution in [2.75, 3.05) is 54.6 Å². The van der Waals surface area contributed by atoms with Crippen molar-refractivity contribution in [2.24, 2.45) is 0 Å². The van der Waals surface area contributed by atoms with E-state index in [0.29, 0.717) is 12.7 Å². The van der Waals surface area contributed by atoms with Gasteiger partial charge in [0.1, 0.15) is 12.8 Å². The molecule has 0 bridgehead atoms. The van der Waals surface area contributed by atoms with E-state index in [2.05, 4.69) is 48.3 Å². The first-order valence-corrected chi connectivity index (χ1v) is 14.3. The maximum absolute atomic E-state index is 11.5. The number of nitrogens with zero attached hydrogens (tertiary/aromatic N) is 1. The second-order valence-electron chi connectivity index (χ2n) is 9.22. The smallest absolute Gasteiger partial charge is 0.325 e. The first-order chi connectivity index (χ1) is 19.0. The summed E-state index contributed by atoms with van der Waals surface area (Å²) in [7, 11) is 6.63. The Balaban J connectivity index is -0.000000137. The first kappa shape index (κ1) is 47.5. The van der Waals surface area contributed by atoms with Crippen LogP contribution in [0.2, 0.25) is 0 Å². The molecule has 10 nitrogen and oxygen atoms in total. The van der Waals surface area contributed by atoms with Crippen molar-refractivity contribution in [1.29, 1.82) is 0 Å². The van der Waals surface area contributed by atoms with Crippen LogP contribution in [0.25, 0.3) is 0 Å². The zero-order valence-corrected chi connectivity index (χ0v) is 27.8. The van der Waals surface area contributed by atoms with Crippen LogP contribution in [0.1, 0.15) is 93.9 Å². The van der Waals surface area contributed by atoms with Crippen molar-refractivity contribution >= 4 is 24.6 Å². The predicted octanol–water partition coefficient (Wildman–Crippen LogP) is 4.55. The van der Waals surface area contributed by atoms with Gasteiger partial charge in [-0.3, -0.25) is 19.3 Å². The van der Waals surface area contributed by atoms with Gasteiger partial charge < -0.3 is 29.6 Å². The summed E-state index contributed by atoms with van der Waals surface area (Å²) in [5.74, 6) is -0.505. The van der Waals surface area contributed by atoms with Crippen molar-refractivity contribution in [3.8, 4) is 0 Å². The second kappa shape index (κ2) is 38.8. The minimum Gasteiger partial charge on any atom is -0.468 e. The van der Waals surface area contributed by atoms with E-state index in [0.717, 1.165) is 26.0 Å². The Hall–Kier alpha value is -2.30. The Bertz CT molecular complexity index is 572. The molecule has 2 N–H and O–H groups in total. The maximum Gasteiger partial charge on any atom is 0.325 e. The highest BCUT2D eigenvalue weighted by molar-refractivity contribution is 5.85. The average Bonchev–Trinajstić information content (AvgIpc) is 3.38. The van der Waals surface area contributed by atoms with Gasteiger partial charge in [-0.25, -0.2) is 0 Å². The molecule has 0 aromatic rings. The van der Waals surface area contributed by atoms with Gasteiger partial charge in [-0.1, -0.05) is 66.0 Å². The van der Waals surface area contributed by atoms with Crippen LogP contribution in [-0.4, -0.2) is 95.7 Å². The molecular weight excluding hydrogens is 514 g/mol. The van der Waals surface area contributed by atoms with Gasteiger partial charge in [0.2, 0.25) is 12.3 Å². The van der Waals surface area contributed by atoms with Crippen LogP contribution in [-0.2, 0) is 33.4 Å². The van der Waals surface area contributed by atoms with Gasteiger partial charge in [0.25, 0.3) is 0 Å². The van der Waals surface area contributed by atoms with E-state index in [1.54, 1.807) is 14.2 Å². The van der Waals surface area contributed by atoms with E-state index in [4.69, 9.17) is 9.47 Å². The van der Waals surface area contributed by atoms with E-state index in [9.17, 15) is 19.2 Å². The van der Waals surface area contributed by atoms with E-state index in [1.165, 1.54) is 32.8 Å². The number of amides is 2. The van der Waals surface area contributed by atoms with Crippen molar-refractivity contribution in [1.82, 2.24) is 15.5 Å². The number of carbonyl (C=O) groups excluding carboxylic acids is 4. The minimum atomic E-state index is -0.418. The normalized spacial score (nSPS) is 13.6. The largest absolute Gasteiger partial charge is 0.468 e. The van der Waals surface area contributed by atoms with Crippen molar-refractivity contribution in [3.05, 3.63) is 12.2 Å². The molecule has 1 heterocycles. The fourth-order valence-corrected chi connectivity index (χ4v) is 2.29. The molecule has 2 amide bonds. The topological polar surface area (TPSA) is 123 Å². The number of unbranched alkanes of at least 4 members (excludes halogenated alkanes) is 2. The Morgan fingerprint density at radius 1 is 1.02 bits per heavy atom. The molecule has 240 valence electrons. The van der Waals surface area contributed by atoms with Crippen molar-refractivity contribution in [3.63, 3.8) is 0 Å². The number of likely N-dealkylation sites (tertiary alicyclic amines) is 1. The van der Waals surface area contributed by atoms with Crippen LogP contribution in [0.15, 0.2) is 12.2 Å². The number of nitrogens with one attached hydrogen (secondary N) is 2. The molecule has 1 atom stereocenters. The van der Waals surface area contributed by atoms with Gasteiger partial charge in [0.15, 0.2) is 0 Å². The van der Waals surface area contributed by atoms with Gasteiger partial charge in [-0.2, -0.15) is 0 Å². The summed E-state index contributed by atoms with van der Waals surface area (Å²) in [5, 5.41) is 4.70. The molecule has 1 unspecified atom stereocenters. The highest BCUT2D eigenvalue weighted by atomic mass is 16.5. The number of hydrogen-bond donors (Lipinski definition) is 2. The maximum atomic E-state index is 11.5. The van der Waals surface area contributed by atoms with Gasteiger partial charge in [0, 0.05) is 14.2 Å². The lowest BCUT2D eigenvalue weighted by atomic mass is 10.2. The van der Waals surface area contributed by atoms with Crippen LogP contribution in [0.3, 0.4) is 0 Å². The monoisotopic (exact) mass is 577 g/mol. The lowest BCUT2D eigenvalue weighted by Gasteiger charge is -2.17. The summed E-state index contributed by atoms with van der Waals surface area (Å²) in [6.45, 7) is 18.3. The number of hydrogen-bond acceptors (Lipinski definition) is 8. The Kier molecular flexibility index (Phi) is 46.1. The number of aldehydes is 1. The predicted molar refractivity (Wildman–Crippen MR) is 165 cm³/mol. The lowest BCUT2D eigenvalue weighted by Crippen LogP contribution is -2.43. The number of ether oxygens (including phenoxy) is 3. The zero-order chi connectivity index (χ0) is 32.2. The van der Waals surface area contributed by atoms with Crippen LogP contribution >= 0.6 is 0 Å². The highest BCUT2D eigenvalue weighted by Crippen LogP contribution is 2.14. The summed E-state index contributed by atoms with van der Waals surface area (Å²) in [5.41, 5.74) is 0.0417. The summed E-state index contributed by atoms with van der Waals surface area (Å²) < 4.78 is 14.2. The molecule has 10 heteroatoms. The number of carbonyl (C=O) groups is 4. The standard InChI is InChI=1S/C9H16N2O3.C8H16O.C5H12O.C3H5NO2.C3H8.C2H6/c1-11-5-3-4-7(11)9(13)10-6-8(12)14-2;1-3-4-5-6-7-8-9-2;1-5(2,3)6-4;5-2-1-4-3-6;1-3-2;1-2/h7H,3-6H2,1-2H3,(H,10,13);6-7H,3-5,8H2,1-2H3;1-4H3;2-3H,1H2,(H,4,6);3H2,1-2H3;1-2H3/b;7-6-;;;;. The molecule has 0 radical (unpaired) electrons. The Labute approximate surface area is 246 Å². The van der Waals surface area contributed by atoms with Crippen LogP contribution in [0.4, 0.5) is 0 Å². The summed E-state index contributed by atoms with van der Waals surface area (Å²) in [6.07, 6.45) is 12.2. The Morgan fingerprint density at radius 3 is 1.90 bits per heavy atom. The average molecular weight is 578 g/mol. The minimum absolute atomic E-state index is 0.0417. The highest BCUT2D eigenvalue weighted by Gasteiger charge is 2.27. The third-order valence-corrected chi connectivity index (χ3v) is 4.51. The van der Waals surface area contributed by atoms with Crippen molar-refractivity contribution < 1.29 is 33.4 Å². The molecule has 0 aromatic carbocycles. The molecule has 0 aromatic heterocycles. The van der Waals surface area contributed by atoms with E-state index in [-0.39, 0.29) is 30.6 Å². The quantitative estimate of drug-likeness (QED) is 0.159. The van der Waals surface area contributed by atoms with Crippen LogP contribution < -0.4 is 10.6 Å². The molecule has 1 fully saturated rings. The molecule has 0 aliphatic carbocycles. The van der Waals surface area contributed by atoms with Crippen LogP contribution in [0, 0.1) is 0 Å². The Morgan fingerprint density at radius 2 is 1.57 bits per heavy atom. The molecular formula is C30H63N3O7. The van der Waals surface area contributed by atoms with Gasteiger partial charge >= 0.3 is 5.97 Å². The summed E-state index contributed by atoms with van der Waals surface area (Å²) in [4.78, 5) is 42.9. The second-order valence-corrected chi connectivity index (χ2v) is 9.22. The fourth-order valence-electron chi connectivity index (χ4n) is 2.29. The molecule has 0 saturated carbocycles. The number of esters is 1. The summed E-state index contributed by atoms with van der Waals surface area (Å²) in [6, 6.07) is -0.0837. The number of rotatable bonds is 11. The molecule has 1 rings (SSSR count). The third-order valence-electron chi connectivity index (χ3n) is 4.51. The molecule has 1 aliphatic heterocycles. The third kappa shape index (κ3) is 45.6. The fraction of sp³-hybridized carbons (Fsp3) is 0.800. The lowest BCUT2D eigenvalue weighted by molar-refractivity contribution is -0.141. The van der Waals surface area contributed by atoms with Crippen LogP contribution in [0.5, 0.6) is 0 Å². The van der Waals surface area contributed by atoms with E-state index >= 15 is 0 Å². The number of likely N-dealkylation sites (N-methyl/N-ethyl adjacent to an activating group) is 1. The number of methoxy groups -OCH3 is 3.